The maximum absolute atomic E-state index is 11.4. The number of carbonyl (C=O) groups excluding carboxylic acids is 2. The molecule has 0 aromatic rings. The van der Waals surface area contributed by atoms with Crippen molar-refractivity contribution < 1.29 is 9.59 Å². The summed E-state index contributed by atoms with van der Waals surface area (Å²) in [5.74, 6) is -0.242. The molecule has 0 aliphatic heterocycles. The fourth-order valence-electron chi connectivity index (χ4n) is 4.17. The third-order valence-corrected chi connectivity index (χ3v) is 6.72. The van der Waals surface area contributed by atoms with Gasteiger partial charge in [0.15, 0.2) is 10.2 Å². The molecule has 30 heavy (non-hydrogen) atoms. The van der Waals surface area contributed by atoms with Crippen LogP contribution in [0.1, 0.15) is 148 Å². The van der Waals surface area contributed by atoms with E-state index in [0.717, 1.165) is 19.3 Å². The highest BCUT2D eigenvalue weighted by Gasteiger charge is 2.17. The zero-order valence-corrected chi connectivity index (χ0v) is 21.6. The van der Waals surface area contributed by atoms with Crippen molar-refractivity contribution >= 4 is 35.5 Å². The van der Waals surface area contributed by atoms with Crippen LogP contribution in [0.2, 0.25) is 0 Å². The summed E-state index contributed by atoms with van der Waals surface area (Å²) in [7, 11) is 0. The first-order chi connectivity index (χ1) is 14.6. The quantitative estimate of drug-likeness (QED) is 0.112. The molecule has 1 unspecified atom stereocenters. The minimum absolute atomic E-state index is 0.171. The Morgan fingerprint density at radius 2 is 0.833 bits per heavy atom. The van der Waals surface area contributed by atoms with Crippen molar-refractivity contribution in [3.05, 3.63) is 0 Å². The minimum Gasteiger partial charge on any atom is -0.287 e. The number of thiol groups is 2. The van der Waals surface area contributed by atoms with Crippen LogP contribution in [-0.4, -0.2) is 10.2 Å². The van der Waals surface area contributed by atoms with Crippen molar-refractivity contribution in [2.24, 2.45) is 5.92 Å². The van der Waals surface area contributed by atoms with Crippen LogP contribution in [0.3, 0.4) is 0 Å². The molecule has 0 spiro atoms. The monoisotopic (exact) mass is 458 g/mol. The SMILES string of the molecule is CCCCCCCCCCCCCCCCCCCCCCC(CC(=O)S)C(=O)S. The Morgan fingerprint density at radius 3 is 1.10 bits per heavy atom. The molecule has 0 saturated heterocycles. The second kappa shape index (κ2) is 23.7. The van der Waals surface area contributed by atoms with E-state index >= 15 is 0 Å². The maximum Gasteiger partial charge on any atom is 0.189 e. The Hall–Kier alpha value is 0.0400. The number of rotatable bonds is 24. The van der Waals surface area contributed by atoms with Gasteiger partial charge < -0.3 is 0 Å². The van der Waals surface area contributed by atoms with E-state index < -0.39 is 0 Å². The summed E-state index contributed by atoms with van der Waals surface area (Å²) in [6.07, 6.45) is 28.4. The van der Waals surface area contributed by atoms with Crippen LogP contribution in [0.4, 0.5) is 0 Å². The van der Waals surface area contributed by atoms with Gasteiger partial charge in [0.2, 0.25) is 0 Å². The van der Waals surface area contributed by atoms with Crippen molar-refractivity contribution in [2.75, 3.05) is 0 Å². The Bertz CT molecular complexity index is 398. The molecular weight excluding hydrogens is 408 g/mol. The lowest BCUT2D eigenvalue weighted by atomic mass is 9.98. The predicted molar refractivity (Wildman–Crippen MR) is 139 cm³/mol. The van der Waals surface area contributed by atoms with Crippen LogP contribution in [0.25, 0.3) is 0 Å². The highest BCUT2D eigenvalue weighted by atomic mass is 32.1. The zero-order chi connectivity index (χ0) is 22.3. The normalized spacial score (nSPS) is 12.2. The van der Waals surface area contributed by atoms with E-state index in [0.29, 0.717) is 0 Å². The highest BCUT2D eigenvalue weighted by molar-refractivity contribution is 7.97. The standard InChI is InChI=1S/C26H50O2S2/c1-2-3-4-5-6-7-8-9-10-11-12-13-14-15-16-17-18-19-20-21-22-24(26(28)30)23-25(27)29/h24H,2-23H2,1H3,(H,27,29)(H,28,30). The molecule has 0 fully saturated rings. The average molecular weight is 459 g/mol. The number of unbranched alkanes of at least 4 members (excludes halogenated alkanes) is 19. The summed E-state index contributed by atoms with van der Waals surface area (Å²) < 4.78 is 0. The van der Waals surface area contributed by atoms with Crippen molar-refractivity contribution in [1.29, 1.82) is 0 Å². The number of hydrogen-bond acceptors (Lipinski definition) is 2. The van der Waals surface area contributed by atoms with E-state index in [1.54, 1.807) is 0 Å². The van der Waals surface area contributed by atoms with Crippen LogP contribution in [0.5, 0.6) is 0 Å². The topological polar surface area (TPSA) is 34.1 Å². The molecule has 1 atom stereocenters. The molecule has 178 valence electrons. The second-order valence-corrected chi connectivity index (χ2v) is 10.1. The zero-order valence-electron chi connectivity index (χ0n) is 19.8. The van der Waals surface area contributed by atoms with Crippen molar-refractivity contribution in [1.82, 2.24) is 0 Å². The summed E-state index contributed by atoms with van der Waals surface area (Å²) >= 11 is 7.66. The first-order valence-corrected chi connectivity index (χ1v) is 13.9. The smallest absolute Gasteiger partial charge is 0.189 e. The predicted octanol–water partition coefficient (Wildman–Crippen LogP) is 9.12. The van der Waals surface area contributed by atoms with E-state index in [2.05, 4.69) is 32.2 Å². The van der Waals surface area contributed by atoms with Gasteiger partial charge in [0.1, 0.15) is 0 Å². The van der Waals surface area contributed by atoms with Gasteiger partial charge in [0.05, 0.1) is 0 Å². The van der Waals surface area contributed by atoms with Gasteiger partial charge >= 0.3 is 0 Å². The average Bonchev–Trinajstić information content (AvgIpc) is 2.71. The third kappa shape index (κ3) is 22.7. The molecule has 0 saturated carbocycles. The van der Waals surface area contributed by atoms with E-state index in [9.17, 15) is 9.59 Å². The summed E-state index contributed by atoms with van der Waals surface area (Å²) in [4.78, 5) is 22.4. The lowest BCUT2D eigenvalue weighted by molar-refractivity contribution is -0.119. The van der Waals surface area contributed by atoms with E-state index in [4.69, 9.17) is 0 Å². The van der Waals surface area contributed by atoms with Crippen LogP contribution < -0.4 is 0 Å². The van der Waals surface area contributed by atoms with Crippen LogP contribution in [0.15, 0.2) is 0 Å². The third-order valence-electron chi connectivity index (χ3n) is 6.18. The maximum atomic E-state index is 11.4. The Balaban J connectivity index is 3.21. The van der Waals surface area contributed by atoms with Crippen molar-refractivity contribution in [3.8, 4) is 0 Å². The molecule has 2 nitrogen and oxygen atoms in total. The van der Waals surface area contributed by atoms with Gasteiger partial charge in [-0.3, -0.25) is 9.59 Å². The number of carbonyl (C=O) groups is 2. The Kier molecular flexibility index (Phi) is 23.7. The molecule has 0 rings (SSSR count). The van der Waals surface area contributed by atoms with Gasteiger partial charge in [-0.1, -0.05) is 135 Å². The summed E-state index contributed by atoms with van der Waals surface area (Å²) in [5, 5.41) is -0.384. The number of hydrogen-bond donors (Lipinski definition) is 2. The molecule has 0 aliphatic carbocycles. The lowest BCUT2D eigenvalue weighted by Crippen LogP contribution is -2.11. The first kappa shape index (κ1) is 30.0. The van der Waals surface area contributed by atoms with Crippen LogP contribution >= 0.6 is 25.3 Å². The summed E-state index contributed by atoms with van der Waals surface area (Å²) in [6, 6.07) is 0. The van der Waals surface area contributed by atoms with Crippen molar-refractivity contribution in [3.63, 3.8) is 0 Å². The van der Waals surface area contributed by atoms with Crippen LogP contribution in [0, 0.1) is 5.92 Å². The van der Waals surface area contributed by atoms with E-state index in [1.807, 2.05) is 0 Å². The summed E-state index contributed by atoms with van der Waals surface area (Å²) in [5.41, 5.74) is 0. The van der Waals surface area contributed by atoms with Crippen molar-refractivity contribution in [2.45, 2.75) is 148 Å². The molecule has 0 N–H and O–H groups in total. The van der Waals surface area contributed by atoms with Crippen LogP contribution in [-0.2, 0) is 9.59 Å². The minimum atomic E-state index is -0.242. The van der Waals surface area contributed by atoms with E-state index in [-0.39, 0.29) is 22.6 Å². The van der Waals surface area contributed by atoms with Gasteiger partial charge in [0.25, 0.3) is 0 Å². The molecule has 4 heteroatoms. The molecule has 0 amide bonds. The lowest BCUT2D eigenvalue weighted by Gasteiger charge is -2.10. The molecule has 0 aromatic carbocycles. The van der Waals surface area contributed by atoms with E-state index in [1.165, 1.54) is 116 Å². The fourth-order valence-corrected chi connectivity index (χ4v) is 4.61. The highest BCUT2D eigenvalue weighted by Crippen LogP contribution is 2.19. The Labute approximate surface area is 198 Å². The summed E-state index contributed by atoms with van der Waals surface area (Å²) in [6.45, 7) is 2.28. The molecule has 0 aliphatic rings. The largest absolute Gasteiger partial charge is 0.287 e. The first-order valence-electron chi connectivity index (χ1n) is 13.0. The van der Waals surface area contributed by atoms with Gasteiger partial charge in [-0.25, -0.2) is 0 Å². The Morgan fingerprint density at radius 1 is 0.533 bits per heavy atom. The fraction of sp³-hybridized carbons (Fsp3) is 0.923. The molecule has 0 bridgehead atoms. The molecule has 0 radical (unpaired) electrons. The van der Waals surface area contributed by atoms with Gasteiger partial charge in [-0.2, -0.15) is 0 Å². The molecule has 0 heterocycles. The van der Waals surface area contributed by atoms with Gasteiger partial charge in [-0.15, -0.1) is 25.3 Å². The molecule has 0 aromatic heterocycles. The van der Waals surface area contributed by atoms with Gasteiger partial charge in [0, 0.05) is 12.3 Å². The van der Waals surface area contributed by atoms with Gasteiger partial charge in [-0.05, 0) is 6.42 Å². The molecular formula is C26H50O2S2. The second-order valence-electron chi connectivity index (χ2n) is 9.14.